The van der Waals surface area contributed by atoms with Crippen molar-refractivity contribution < 1.29 is 33.5 Å². The average molecular weight is 1310 g/mol. The second-order valence-corrected chi connectivity index (χ2v) is 24.0. The molecule has 0 bridgehead atoms. The molecule has 6 aromatic heterocycles. The van der Waals surface area contributed by atoms with Crippen molar-refractivity contribution in [2.45, 2.75) is 129 Å². The molecule has 516 valence electrons. The Balaban J connectivity index is 0.000000163. The first-order chi connectivity index (χ1) is 45.8. The van der Waals surface area contributed by atoms with E-state index in [1.54, 1.807) is 28.4 Å². The molecule has 0 aliphatic carbocycles. The number of benzene rings is 6. The lowest BCUT2D eigenvalue weighted by atomic mass is 10.1. The number of methoxy groups -OCH3 is 4. The summed E-state index contributed by atoms with van der Waals surface area (Å²) in [7, 11) is 12.9. The van der Waals surface area contributed by atoms with Crippen molar-refractivity contribution in [1.82, 2.24) is 28.2 Å². The Morgan fingerprint density at radius 2 is 0.688 bits per heavy atom. The van der Waals surface area contributed by atoms with Crippen LogP contribution in [0.15, 0.2) is 72.8 Å². The SMILES string of the molecule is CCOc1ccc(N)c2c(C)c(C)[nH]c12.CCOc1ccc(N)c2c(C)c(C)n(C)c12.CCc1c(C)[nH]c2c(OC)ccc(N)c12.CCc1c(C)n(C)c2c(OC)ccc(N)c12.CCc1c(C)n(C)c2c(OC)ccc(N)c12.CCc1c(C)n(CCO)c2c(OC)ccc(N)c12. The predicted octanol–water partition coefficient (Wildman–Crippen LogP) is 15.5. The van der Waals surface area contributed by atoms with E-state index in [1.807, 2.05) is 101 Å². The number of aliphatic hydroxyl groups is 1. The number of anilines is 6. The number of nitrogens with two attached hydrogens (primary N) is 6. The van der Waals surface area contributed by atoms with Crippen molar-refractivity contribution in [2.24, 2.45) is 21.1 Å². The van der Waals surface area contributed by atoms with Gasteiger partial charge in [-0.1, -0.05) is 27.7 Å². The van der Waals surface area contributed by atoms with Crippen LogP contribution in [-0.4, -0.2) is 81.6 Å². The zero-order chi connectivity index (χ0) is 70.9. The summed E-state index contributed by atoms with van der Waals surface area (Å²) < 4.78 is 41.3. The zero-order valence-corrected chi connectivity index (χ0v) is 60.7. The first-order valence-corrected chi connectivity index (χ1v) is 33.1. The second-order valence-electron chi connectivity index (χ2n) is 24.0. The molecule has 0 aliphatic heterocycles. The standard InChI is InChI=1S/C14H20N2O2.3C13H18N2O.2C12H16N2O/c1-4-10-9(2)16(7-8-17)14-12(18-3)6-5-11(15)13(10)14;2*1-5-9-8(2)15(3)13-11(16-4)7-6-10(14)12(9)13;1-5-16-11-7-6-10(14)12-8(2)9(3)15(4)13(11)12;1-4-8-7(2)14-12-10(15-3)6-5-9(13)11(8)12;1-4-15-10-6-5-9(13)11-7(2)8(3)14-12(10)11/h5-6,17H,4,7-8,15H2,1-3H3;3*6-7H,5,14H2,1-4H3;2*5-6,14H,4,13H2,1-3H3. The summed E-state index contributed by atoms with van der Waals surface area (Å²) >= 11 is 0. The highest BCUT2D eigenvalue weighted by Crippen LogP contribution is 2.41. The van der Waals surface area contributed by atoms with Crippen LogP contribution in [0, 0.1) is 55.4 Å². The fourth-order valence-corrected chi connectivity index (χ4v) is 13.6. The summed E-state index contributed by atoms with van der Waals surface area (Å²) in [5.74, 6) is 5.20. The second kappa shape index (κ2) is 31.6. The fourth-order valence-electron chi connectivity index (χ4n) is 13.6. The Bertz CT molecular complexity index is 4620. The van der Waals surface area contributed by atoms with Crippen molar-refractivity contribution in [3.63, 3.8) is 0 Å². The molecular weight excluding hydrogens is 1200 g/mol. The molecule has 0 saturated heterocycles. The molecule has 0 unspecified atom stereocenters. The summed E-state index contributed by atoms with van der Waals surface area (Å²) in [6.45, 7) is 31.2. The van der Waals surface area contributed by atoms with Gasteiger partial charge in [-0.2, -0.15) is 0 Å². The minimum atomic E-state index is 0.103. The summed E-state index contributed by atoms with van der Waals surface area (Å²) in [4.78, 5) is 6.65. The van der Waals surface area contributed by atoms with Gasteiger partial charge >= 0.3 is 0 Å². The number of H-pyrrole nitrogens is 2. The molecule has 12 rings (SSSR count). The number of nitrogens with one attached hydrogen (secondary N) is 2. The lowest BCUT2D eigenvalue weighted by molar-refractivity contribution is 0.276. The van der Waals surface area contributed by atoms with Gasteiger partial charge in [-0.05, 0) is 201 Å². The largest absolute Gasteiger partial charge is 0.495 e. The first-order valence-electron chi connectivity index (χ1n) is 33.1. The number of nitrogens with zero attached hydrogens (tertiary/aromatic N) is 4. The van der Waals surface area contributed by atoms with Crippen LogP contribution in [0.4, 0.5) is 34.1 Å². The van der Waals surface area contributed by atoms with E-state index in [0.717, 1.165) is 171 Å². The monoisotopic (exact) mass is 1310 g/mol. The Morgan fingerprint density at radius 3 is 1.12 bits per heavy atom. The van der Waals surface area contributed by atoms with Gasteiger partial charge in [-0.15, -0.1) is 0 Å². The number of rotatable bonds is 14. The Hall–Kier alpha value is -9.88. The van der Waals surface area contributed by atoms with E-state index in [1.165, 1.54) is 56.2 Å². The Morgan fingerprint density at radius 1 is 0.354 bits per heavy atom. The van der Waals surface area contributed by atoms with Gasteiger partial charge in [0.25, 0.3) is 0 Å². The molecule has 0 aliphatic rings. The van der Waals surface area contributed by atoms with E-state index in [0.29, 0.717) is 19.8 Å². The fraction of sp³-hybridized carbons (Fsp3) is 0.377. The number of nitrogen functional groups attached to an aromatic ring is 6. The van der Waals surface area contributed by atoms with Crippen LogP contribution in [0.25, 0.3) is 65.4 Å². The van der Waals surface area contributed by atoms with Gasteiger partial charge in [0.05, 0.1) is 81.4 Å². The smallest absolute Gasteiger partial charge is 0.143 e. The van der Waals surface area contributed by atoms with Crippen LogP contribution in [0.1, 0.15) is 109 Å². The molecule has 19 heteroatoms. The number of aromatic nitrogens is 6. The lowest BCUT2D eigenvalue weighted by Gasteiger charge is -2.10. The van der Waals surface area contributed by atoms with Gasteiger partial charge in [0.15, 0.2) is 0 Å². The third-order valence-corrected chi connectivity index (χ3v) is 18.9. The van der Waals surface area contributed by atoms with Gasteiger partial charge in [0.2, 0.25) is 0 Å². The van der Waals surface area contributed by atoms with Gasteiger partial charge in [0, 0.05) is 128 Å². The Kier molecular flexibility index (Phi) is 24.2. The molecule has 0 saturated carbocycles. The van der Waals surface area contributed by atoms with Crippen molar-refractivity contribution in [1.29, 1.82) is 0 Å². The van der Waals surface area contributed by atoms with Crippen LogP contribution >= 0.6 is 0 Å². The lowest BCUT2D eigenvalue weighted by Crippen LogP contribution is -2.05. The normalized spacial score (nSPS) is 11.0. The van der Waals surface area contributed by atoms with Crippen LogP contribution in [0.2, 0.25) is 0 Å². The molecule has 15 N–H and O–H groups in total. The molecular formula is C77H106N12O7. The van der Waals surface area contributed by atoms with Crippen LogP contribution < -0.4 is 62.8 Å². The summed E-state index contributed by atoms with van der Waals surface area (Å²) in [6, 6.07) is 22.9. The molecule has 19 nitrogen and oxygen atoms in total. The Labute approximate surface area is 566 Å². The van der Waals surface area contributed by atoms with Crippen molar-refractivity contribution >= 4 is 99.5 Å². The number of aryl methyl sites for hydroxylation is 11. The molecule has 0 radical (unpaired) electrons. The van der Waals surface area contributed by atoms with E-state index < -0.39 is 0 Å². The van der Waals surface area contributed by atoms with Gasteiger partial charge in [-0.3, -0.25) is 0 Å². The van der Waals surface area contributed by atoms with E-state index in [2.05, 4.69) is 118 Å². The molecule has 0 amide bonds. The quantitative estimate of drug-likeness (QED) is 0.0459. The van der Waals surface area contributed by atoms with E-state index in [-0.39, 0.29) is 6.61 Å². The first kappa shape index (κ1) is 73.5. The van der Waals surface area contributed by atoms with Crippen molar-refractivity contribution in [3.8, 4) is 34.5 Å². The van der Waals surface area contributed by atoms with Gasteiger partial charge in [0.1, 0.15) is 34.5 Å². The minimum absolute atomic E-state index is 0.103. The molecule has 0 fully saturated rings. The number of aliphatic hydroxyl groups excluding tert-OH is 1. The molecule has 96 heavy (non-hydrogen) atoms. The van der Waals surface area contributed by atoms with Crippen LogP contribution in [0.3, 0.4) is 0 Å². The van der Waals surface area contributed by atoms with E-state index >= 15 is 0 Å². The van der Waals surface area contributed by atoms with E-state index in [4.69, 9.17) is 62.8 Å². The molecule has 0 spiro atoms. The third-order valence-electron chi connectivity index (χ3n) is 18.9. The predicted molar refractivity (Wildman–Crippen MR) is 405 cm³/mol. The van der Waals surface area contributed by atoms with Crippen LogP contribution in [0.5, 0.6) is 34.5 Å². The summed E-state index contributed by atoms with van der Waals surface area (Å²) in [5.41, 5.74) is 62.2. The summed E-state index contributed by atoms with van der Waals surface area (Å²) in [6.07, 6.45) is 3.86. The van der Waals surface area contributed by atoms with Gasteiger partial charge < -0.3 is 96.2 Å². The number of hydrogen-bond acceptors (Lipinski definition) is 13. The molecule has 0 atom stereocenters. The topological polar surface area (TPSA) is 283 Å². The molecule has 12 aromatic rings. The highest BCUT2D eigenvalue weighted by atomic mass is 16.5. The molecule has 6 aromatic carbocycles. The number of ether oxygens (including phenoxy) is 6. The maximum absolute atomic E-state index is 9.23. The number of fused-ring (bicyclic) bond motifs is 6. The minimum Gasteiger partial charge on any atom is -0.495 e. The zero-order valence-electron chi connectivity index (χ0n) is 60.7. The number of aromatic amines is 2. The van der Waals surface area contributed by atoms with Crippen molar-refractivity contribution in [3.05, 3.63) is 140 Å². The highest BCUT2D eigenvalue weighted by Gasteiger charge is 2.22. The summed E-state index contributed by atoms with van der Waals surface area (Å²) in [5, 5.41) is 15.9. The highest BCUT2D eigenvalue weighted by molar-refractivity contribution is 6.03. The third kappa shape index (κ3) is 13.8. The van der Waals surface area contributed by atoms with Crippen LogP contribution in [-0.2, 0) is 53.4 Å². The average Bonchev–Trinajstić information content (AvgIpc) is 1.65. The maximum Gasteiger partial charge on any atom is 0.143 e. The van der Waals surface area contributed by atoms with Crippen molar-refractivity contribution in [2.75, 3.05) is 82.7 Å². The maximum atomic E-state index is 9.23. The number of hydrogen-bond donors (Lipinski definition) is 9. The van der Waals surface area contributed by atoms with Gasteiger partial charge in [-0.25, -0.2) is 0 Å². The van der Waals surface area contributed by atoms with E-state index in [9.17, 15) is 5.11 Å². The molecule has 6 heterocycles.